The van der Waals surface area contributed by atoms with E-state index in [4.69, 9.17) is 5.73 Å². The second-order valence-electron chi connectivity index (χ2n) is 6.14. The number of rotatable bonds is 5. The van der Waals surface area contributed by atoms with E-state index in [2.05, 4.69) is 57.9 Å². The molecule has 0 aliphatic heterocycles. The van der Waals surface area contributed by atoms with Gasteiger partial charge in [0.05, 0.1) is 23.4 Å². The monoisotopic (exact) mass is 348 g/mol. The number of aryl methyl sites for hydroxylation is 1. The first kappa shape index (κ1) is 15.9. The van der Waals surface area contributed by atoms with E-state index in [0.29, 0.717) is 6.54 Å². The lowest BCUT2D eigenvalue weighted by Gasteiger charge is -2.19. The van der Waals surface area contributed by atoms with E-state index in [1.165, 1.54) is 21.6 Å². The van der Waals surface area contributed by atoms with Crippen molar-refractivity contribution in [3.8, 4) is 11.1 Å². The van der Waals surface area contributed by atoms with Crippen LogP contribution in [0.2, 0.25) is 0 Å². The number of thiophene rings is 1. The van der Waals surface area contributed by atoms with Gasteiger partial charge in [-0.1, -0.05) is 24.3 Å². The molecule has 126 valence electrons. The number of nitrogens with one attached hydrogen (secondary N) is 2. The number of H-pyrrole nitrogens is 1. The van der Waals surface area contributed by atoms with E-state index in [0.717, 1.165) is 16.7 Å². The number of nitrogens with zero attached hydrogens (tertiary/aromatic N) is 1. The van der Waals surface area contributed by atoms with E-state index < -0.39 is 0 Å². The zero-order valence-electron chi connectivity index (χ0n) is 14.0. The summed E-state index contributed by atoms with van der Waals surface area (Å²) in [6.07, 6.45) is 1.71. The summed E-state index contributed by atoms with van der Waals surface area (Å²) in [6.45, 7) is 2.66. The Morgan fingerprint density at radius 3 is 2.68 bits per heavy atom. The smallest absolute Gasteiger partial charge is 0.0931 e. The molecule has 0 saturated carbocycles. The first-order valence-corrected chi connectivity index (χ1v) is 9.16. The number of hydrogen-bond acceptors (Lipinski definition) is 4. The molecule has 4 rings (SSSR count). The number of benzene rings is 2. The van der Waals surface area contributed by atoms with E-state index >= 15 is 0 Å². The molecular weight excluding hydrogens is 328 g/mol. The molecule has 2 aromatic heterocycles. The van der Waals surface area contributed by atoms with Crippen LogP contribution in [0.4, 0.5) is 5.69 Å². The molecule has 0 aliphatic rings. The first-order valence-electron chi connectivity index (χ1n) is 8.28. The van der Waals surface area contributed by atoms with Gasteiger partial charge in [0.15, 0.2) is 0 Å². The number of nitrogens with two attached hydrogens (primary N) is 1. The number of anilines is 1. The maximum absolute atomic E-state index is 6.02. The molecule has 0 saturated heterocycles. The SMILES string of the molecule is Cc1cc(-c2ccc(C(CN)Nc3ccc4[nH]cnc4c3)cc2)cs1. The molecule has 5 heteroatoms. The molecule has 0 aliphatic carbocycles. The summed E-state index contributed by atoms with van der Waals surface area (Å²) in [6, 6.07) is 17.0. The van der Waals surface area contributed by atoms with Crippen LogP contribution in [0.25, 0.3) is 22.2 Å². The summed E-state index contributed by atoms with van der Waals surface area (Å²) in [7, 11) is 0. The van der Waals surface area contributed by atoms with Crippen molar-refractivity contribution in [3.05, 3.63) is 70.7 Å². The molecule has 0 bridgehead atoms. The third kappa shape index (κ3) is 3.29. The highest BCUT2D eigenvalue weighted by Gasteiger charge is 2.11. The molecule has 4 aromatic rings. The van der Waals surface area contributed by atoms with Gasteiger partial charge in [0, 0.05) is 17.1 Å². The number of aromatic amines is 1. The van der Waals surface area contributed by atoms with E-state index in [-0.39, 0.29) is 6.04 Å². The fourth-order valence-corrected chi connectivity index (χ4v) is 3.72. The van der Waals surface area contributed by atoms with Crippen LogP contribution < -0.4 is 11.1 Å². The maximum atomic E-state index is 6.02. The minimum atomic E-state index is 0.0645. The Labute approximate surface area is 150 Å². The molecule has 4 nitrogen and oxygen atoms in total. The van der Waals surface area contributed by atoms with Crippen LogP contribution in [-0.4, -0.2) is 16.5 Å². The van der Waals surface area contributed by atoms with Crippen LogP contribution in [0.15, 0.2) is 60.2 Å². The second kappa shape index (κ2) is 6.70. The molecule has 2 aromatic carbocycles. The van der Waals surface area contributed by atoms with Gasteiger partial charge in [0.2, 0.25) is 0 Å². The zero-order valence-corrected chi connectivity index (χ0v) is 14.8. The molecular formula is C20H20N4S. The Balaban J connectivity index is 1.55. The normalized spacial score (nSPS) is 12.4. The van der Waals surface area contributed by atoms with Crippen molar-refractivity contribution >= 4 is 28.1 Å². The minimum Gasteiger partial charge on any atom is -0.377 e. The van der Waals surface area contributed by atoms with Gasteiger partial charge in [0.1, 0.15) is 0 Å². The molecule has 2 heterocycles. The average Bonchev–Trinajstić information content (AvgIpc) is 3.28. The third-order valence-electron chi connectivity index (χ3n) is 4.37. The molecule has 0 amide bonds. The predicted molar refractivity (Wildman–Crippen MR) is 106 cm³/mol. The van der Waals surface area contributed by atoms with Gasteiger partial charge in [-0.05, 0) is 53.3 Å². The lowest BCUT2D eigenvalue weighted by atomic mass is 10.0. The number of hydrogen-bond donors (Lipinski definition) is 3. The van der Waals surface area contributed by atoms with Crippen molar-refractivity contribution in [2.75, 3.05) is 11.9 Å². The van der Waals surface area contributed by atoms with Crippen molar-refractivity contribution in [3.63, 3.8) is 0 Å². The maximum Gasteiger partial charge on any atom is 0.0931 e. The highest BCUT2D eigenvalue weighted by atomic mass is 32.1. The van der Waals surface area contributed by atoms with Gasteiger partial charge in [-0.3, -0.25) is 0 Å². The Bertz CT molecular complexity index is 984. The Hall–Kier alpha value is -2.63. The van der Waals surface area contributed by atoms with Crippen molar-refractivity contribution in [1.29, 1.82) is 0 Å². The van der Waals surface area contributed by atoms with Crippen molar-refractivity contribution in [1.82, 2.24) is 9.97 Å². The quantitative estimate of drug-likeness (QED) is 0.489. The largest absolute Gasteiger partial charge is 0.377 e. The van der Waals surface area contributed by atoms with Crippen LogP contribution in [0, 0.1) is 6.92 Å². The zero-order chi connectivity index (χ0) is 17.2. The number of aromatic nitrogens is 2. The average molecular weight is 348 g/mol. The fraction of sp³-hybridized carbons (Fsp3) is 0.150. The molecule has 4 N–H and O–H groups in total. The fourth-order valence-electron chi connectivity index (χ4n) is 3.00. The summed E-state index contributed by atoms with van der Waals surface area (Å²) in [5.41, 5.74) is 12.7. The molecule has 0 fully saturated rings. The summed E-state index contributed by atoms with van der Waals surface area (Å²) >= 11 is 1.78. The molecule has 0 radical (unpaired) electrons. The van der Waals surface area contributed by atoms with Crippen LogP contribution in [0.3, 0.4) is 0 Å². The molecule has 1 unspecified atom stereocenters. The lowest BCUT2D eigenvalue weighted by molar-refractivity contribution is 0.790. The Kier molecular flexibility index (Phi) is 4.26. The first-order chi connectivity index (χ1) is 12.2. The second-order valence-corrected chi connectivity index (χ2v) is 7.25. The summed E-state index contributed by atoms with van der Waals surface area (Å²) < 4.78 is 0. The van der Waals surface area contributed by atoms with Gasteiger partial charge in [-0.25, -0.2) is 4.98 Å². The number of imidazole rings is 1. The van der Waals surface area contributed by atoms with Gasteiger partial charge in [-0.2, -0.15) is 0 Å². The molecule has 25 heavy (non-hydrogen) atoms. The van der Waals surface area contributed by atoms with Gasteiger partial charge < -0.3 is 16.0 Å². The third-order valence-corrected chi connectivity index (χ3v) is 5.24. The van der Waals surface area contributed by atoms with E-state index in [1.54, 1.807) is 17.7 Å². The standard InChI is InChI=1S/C20H20N4S/c1-13-8-16(11-25-13)14-2-4-15(5-3-14)20(10-21)24-17-6-7-18-19(9-17)23-12-22-18/h2-9,11-12,20,24H,10,21H2,1H3,(H,22,23). The summed E-state index contributed by atoms with van der Waals surface area (Å²) in [4.78, 5) is 8.74. The molecule has 0 spiro atoms. The summed E-state index contributed by atoms with van der Waals surface area (Å²) in [5.74, 6) is 0. The Morgan fingerprint density at radius 2 is 1.96 bits per heavy atom. The highest BCUT2D eigenvalue weighted by molar-refractivity contribution is 7.10. The topological polar surface area (TPSA) is 66.7 Å². The van der Waals surface area contributed by atoms with Crippen LogP contribution in [-0.2, 0) is 0 Å². The van der Waals surface area contributed by atoms with E-state index in [9.17, 15) is 0 Å². The van der Waals surface area contributed by atoms with Crippen LogP contribution >= 0.6 is 11.3 Å². The van der Waals surface area contributed by atoms with Gasteiger partial charge >= 0.3 is 0 Å². The molecule has 1 atom stereocenters. The van der Waals surface area contributed by atoms with Gasteiger partial charge in [-0.15, -0.1) is 11.3 Å². The van der Waals surface area contributed by atoms with Crippen molar-refractivity contribution in [2.45, 2.75) is 13.0 Å². The highest BCUT2D eigenvalue weighted by Crippen LogP contribution is 2.27. The van der Waals surface area contributed by atoms with Crippen molar-refractivity contribution in [2.24, 2.45) is 5.73 Å². The van der Waals surface area contributed by atoms with Crippen LogP contribution in [0.5, 0.6) is 0 Å². The minimum absolute atomic E-state index is 0.0645. The number of fused-ring (bicyclic) bond motifs is 1. The van der Waals surface area contributed by atoms with Crippen LogP contribution in [0.1, 0.15) is 16.5 Å². The lowest BCUT2D eigenvalue weighted by Crippen LogP contribution is -2.20. The Morgan fingerprint density at radius 1 is 1.12 bits per heavy atom. The van der Waals surface area contributed by atoms with E-state index in [1.807, 2.05) is 18.2 Å². The predicted octanol–water partition coefficient (Wildman–Crippen LogP) is 4.71. The van der Waals surface area contributed by atoms with Gasteiger partial charge in [0.25, 0.3) is 0 Å². The summed E-state index contributed by atoms with van der Waals surface area (Å²) in [5, 5.41) is 5.71. The van der Waals surface area contributed by atoms with Crippen molar-refractivity contribution < 1.29 is 0 Å².